The maximum absolute atomic E-state index is 11.8. The first kappa shape index (κ1) is 10.7. The molecule has 1 amide bonds. The number of rotatable bonds is 5. The largest absolute Gasteiger partial charge is 0.366 e. The summed E-state index contributed by atoms with van der Waals surface area (Å²) in [6, 6.07) is 7.12. The van der Waals surface area contributed by atoms with E-state index in [1.807, 2.05) is 12.1 Å². The van der Waals surface area contributed by atoms with Crippen molar-refractivity contribution in [3.63, 3.8) is 0 Å². The smallest absolute Gasteiger partial charge is 0.248 e. The average Bonchev–Trinajstić information content (AvgIpc) is 2.19. The number of carbonyl (C=O) groups is 1. The summed E-state index contributed by atoms with van der Waals surface area (Å²) in [7, 11) is 0. The summed E-state index contributed by atoms with van der Waals surface area (Å²) in [5, 5.41) is 0. The highest BCUT2D eigenvalue weighted by molar-refractivity contribution is 5.92. The molecule has 2 nitrogen and oxygen atoms in total. The van der Waals surface area contributed by atoms with Crippen LogP contribution in [0.15, 0.2) is 24.3 Å². The van der Waals surface area contributed by atoms with Crippen LogP contribution >= 0.6 is 0 Å². The number of alkyl halides is 1. The second kappa shape index (κ2) is 5.37. The molecule has 76 valence electrons. The van der Waals surface area contributed by atoms with Gasteiger partial charge in [-0.05, 0) is 37.0 Å². The molecule has 0 fully saturated rings. The number of amides is 1. The maximum atomic E-state index is 11.8. The molecular weight excluding hydrogens is 181 g/mol. The van der Waals surface area contributed by atoms with Gasteiger partial charge in [0.25, 0.3) is 0 Å². The molecule has 0 aliphatic carbocycles. The van der Waals surface area contributed by atoms with Crippen LogP contribution in [0, 0.1) is 0 Å². The van der Waals surface area contributed by atoms with Crippen molar-refractivity contribution in [2.75, 3.05) is 6.67 Å². The predicted octanol–water partition coefficient (Wildman–Crippen LogP) is 2.08. The summed E-state index contributed by atoms with van der Waals surface area (Å²) in [6.45, 7) is -0.265. The summed E-state index contributed by atoms with van der Waals surface area (Å²) < 4.78 is 11.8. The monoisotopic (exact) mass is 195 g/mol. The standard InChI is InChI=1S/C11H14FNO/c12-8-2-1-3-9-4-6-10(7-5-9)11(13)14/h4-7H,1-3,8H2,(H2,13,14). The van der Waals surface area contributed by atoms with Crippen molar-refractivity contribution in [2.45, 2.75) is 19.3 Å². The molecule has 0 saturated heterocycles. The van der Waals surface area contributed by atoms with Crippen LogP contribution < -0.4 is 5.73 Å². The number of halogens is 1. The van der Waals surface area contributed by atoms with Gasteiger partial charge in [0.1, 0.15) is 0 Å². The molecule has 1 rings (SSSR count). The van der Waals surface area contributed by atoms with Crippen LogP contribution in [0.5, 0.6) is 0 Å². The fourth-order valence-electron chi connectivity index (χ4n) is 1.26. The van der Waals surface area contributed by atoms with E-state index in [1.54, 1.807) is 12.1 Å². The molecule has 3 heteroatoms. The fourth-order valence-corrected chi connectivity index (χ4v) is 1.26. The van der Waals surface area contributed by atoms with Gasteiger partial charge in [-0.15, -0.1) is 0 Å². The summed E-state index contributed by atoms with van der Waals surface area (Å²) in [4.78, 5) is 10.7. The van der Waals surface area contributed by atoms with Gasteiger partial charge in [0, 0.05) is 5.56 Å². The summed E-state index contributed by atoms with van der Waals surface area (Å²) in [5.74, 6) is -0.416. The Morgan fingerprint density at radius 3 is 2.36 bits per heavy atom. The second-order valence-corrected chi connectivity index (χ2v) is 3.21. The molecule has 0 atom stereocenters. The lowest BCUT2D eigenvalue weighted by Crippen LogP contribution is -2.10. The lowest BCUT2D eigenvalue weighted by Gasteiger charge is -2.00. The van der Waals surface area contributed by atoms with E-state index in [2.05, 4.69) is 0 Å². The van der Waals surface area contributed by atoms with Crippen molar-refractivity contribution < 1.29 is 9.18 Å². The molecule has 0 heterocycles. The van der Waals surface area contributed by atoms with Gasteiger partial charge in [0.2, 0.25) is 5.91 Å². The first-order valence-corrected chi connectivity index (χ1v) is 4.68. The average molecular weight is 195 g/mol. The van der Waals surface area contributed by atoms with Crippen LogP contribution in [-0.4, -0.2) is 12.6 Å². The van der Waals surface area contributed by atoms with Crippen molar-refractivity contribution in [3.8, 4) is 0 Å². The first-order valence-electron chi connectivity index (χ1n) is 4.68. The van der Waals surface area contributed by atoms with E-state index in [4.69, 9.17) is 5.73 Å². The third kappa shape index (κ3) is 3.17. The van der Waals surface area contributed by atoms with Gasteiger partial charge in [-0.25, -0.2) is 0 Å². The topological polar surface area (TPSA) is 43.1 Å². The molecule has 0 aliphatic heterocycles. The molecule has 0 aromatic heterocycles. The molecule has 2 N–H and O–H groups in total. The quantitative estimate of drug-likeness (QED) is 0.718. The number of carbonyl (C=O) groups excluding carboxylic acids is 1. The van der Waals surface area contributed by atoms with Gasteiger partial charge >= 0.3 is 0 Å². The highest BCUT2D eigenvalue weighted by Crippen LogP contribution is 2.07. The van der Waals surface area contributed by atoms with Crippen LogP contribution in [0.2, 0.25) is 0 Å². The summed E-state index contributed by atoms with van der Waals surface area (Å²) in [5.41, 5.74) is 6.72. The van der Waals surface area contributed by atoms with Gasteiger partial charge in [0.15, 0.2) is 0 Å². The number of primary amides is 1. The molecule has 1 aromatic rings. The van der Waals surface area contributed by atoms with Crippen molar-refractivity contribution in [3.05, 3.63) is 35.4 Å². The lowest BCUT2D eigenvalue weighted by atomic mass is 10.1. The molecule has 0 bridgehead atoms. The zero-order valence-electron chi connectivity index (χ0n) is 8.00. The molecule has 1 aromatic carbocycles. The molecular formula is C11H14FNO. The molecule has 0 radical (unpaired) electrons. The Bertz CT molecular complexity index is 295. The lowest BCUT2D eigenvalue weighted by molar-refractivity contribution is 0.100. The van der Waals surface area contributed by atoms with E-state index in [0.717, 1.165) is 18.4 Å². The fraction of sp³-hybridized carbons (Fsp3) is 0.364. The zero-order valence-corrected chi connectivity index (χ0v) is 8.00. The van der Waals surface area contributed by atoms with Crippen LogP contribution in [0.25, 0.3) is 0 Å². The van der Waals surface area contributed by atoms with E-state index >= 15 is 0 Å². The Kier molecular flexibility index (Phi) is 4.11. The normalized spacial score (nSPS) is 10.1. The second-order valence-electron chi connectivity index (χ2n) is 3.21. The number of hydrogen-bond acceptors (Lipinski definition) is 1. The Morgan fingerprint density at radius 2 is 1.86 bits per heavy atom. The SMILES string of the molecule is NC(=O)c1ccc(CCCCF)cc1. The van der Waals surface area contributed by atoms with Gasteiger partial charge in [0.05, 0.1) is 6.67 Å². The van der Waals surface area contributed by atoms with Crippen LogP contribution in [-0.2, 0) is 6.42 Å². The van der Waals surface area contributed by atoms with E-state index < -0.39 is 5.91 Å². The third-order valence-corrected chi connectivity index (χ3v) is 2.09. The summed E-state index contributed by atoms with van der Waals surface area (Å²) in [6.07, 6.45) is 2.28. The molecule has 0 spiro atoms. The minimum absolute atomic E-state index is 0.265. The Labute approximate surface area is 82.9 Å². The molecule has 0 unspecified atom stereocenters. The summed E-state index contributed by atoms with van der Waals surface area (Å²) >= 11 is 0. The van der Waals surface area contributed by atoms with Crippen molar-refractivity contribution >= 4 is 5.91 Å². The van der Waals surface area contributed by atoms with Gasteiger partial charge < -0.3 is 5.73 Å². The van der Waals surface area contributed by atoms with E-state index in [-0.39, 0.29) is 6.67 Å². The number of nitrogens with two attached hydrogens (primary N) is 1. The van der Waals surface area contributed by atoms with E-state index in [9.17, 15) is 9.18 Å². The van der Waals surface area contributed by atoms with Crippen molar-refractivity contribution in [2.24, 2.45) is 5.73 Å². The number of hydrogen-bond donors (Lipinski definition) is 1. The highest BCUT2D eigenvalue weighted by atomic mass is 19.1. The number of unbranched alkanes of at least 4 members (excludes halogenated alkanes) is 1. The third-order valence-electron chi connectivity index (χ3n) is 2.09. The van der Waals surface area contributed by atoms with E-state index in [1.165, 1.54) is 0 Å². The molecule has 14 heavy (non-hydrogen) atoms. The maximum Gasteiger partial charge on any atom is 0.248 e. The van der Waals surface area contributed by atoms with Gasteiger partial charge in [-0.1, -0.05) is 12.1 Å². The van der Waals surface area contributed by atoms with Gasteiger partial charge in [-0.3, -0.25) is 9.18 Å². The Morgan fingerprint density at radius 1 is 1.21 bits per heavy atom. The van der Waals surface area contributed by atoms with Crippen LogP contribution in [0.3, 0.4) is 0 Å². The van der Waals surface area contributed by atoms with Crippen LogP contribution in [0.4, 0.5) is 4.39 Å². The molecule has 0 saturated carbocycles. The molecule has 0 aliphatic rings. The highest BCUT2D eigenvalue weighted by Gasteiger charge is 1.99. The van der Waals surface area contributed by atoms with E-state index in [0.29, 0.717) is 12.0 Å². The Hall–Kier alpha value is -1.38. The number of benzene rings is 1. The minimum atomic E-state index is -0.416. The number of aryl methyl sites for hydroxylation is 1. The Balaban J connectivity index is 2.51. The zero-order chi connectivity index (χ0) is 10.4. The van der Waals surface area contributed by atoms with Gasteiger partial charge in [-0.2, -0.15) is 0 Å². The minimum Gasteiger partial charge on any atom is -0.366 e. The first-order chi connectivity index (χ1) is 6.74. The van der Waals surface area contributed by atoms with Crippen molar-refractivity contribution in [1.82, 2.24) is 0 Å². The van der Waals surface area contributed by atoms with Crippen LogP contribution in [0.1, 0.15) is 28.8 Å². The predicted molar refractivity (Wildman–Crippen MR) is 53.9 cm³/mol. The van der Waals surface area contributed by atoms with Crippen molar-refractivity contribution in [1.29, 1.82) is 0 Å².